The highest BCUT2D eigenvalue weighted by Crippen LogP contribution is 2.45. The molecule has 2 N–H and O–H groups in total. The van der Waals surface area contributed by atoms with Gasteiger partial charge in [-0.3, -0.25) is 9.69 Å². The third-order valence-corrected chi connectivity index (χ3v) is 5.47. The van der Waals surface area contributed by atoms with Crippen molar-refractivity contribution in [1.29, 1.82) is 0 Å². The number of aryl methyl sites for hydroxylation is 1. The van der Waals surface area contributed by atoms with Crippen LogP contribution in [0.4, 0.5) is 11.5 Å². The quantitative estimate of drug-likeness (QED) is 0.785. The Labute approximate surface area is 150 Å². The summed E-state index contributed by atoms with van der Waals surface area (Å²) in [5, 5.41) is 4.50. The van der Waals surface area contributed by atoms with Gasteiger partial charge in [0, 0.05) is 0 Å². The SMILES string of the molecule is Cc1nn(-c2ccccc2)c(N)c1N1C(=O)CSC1c1ccccc1. The van der Waals surface area contributed by atoms with E-state index < -0.39 is 0 Å². The van der Waals surface area contributed by atoms with Gasteiger partial charge in [-0.2, -0.15) is 5.10 Å². The van der Waals surface area contributed by atoms with E-state index >= 15 is 0 Å². The van der Waals surface area contributed by atoms with Crippen molar-refractivity contribution in [2.75, 3.05) is 16.4 Å². The summed E-state index contributed by atoms with van der Waals surface area (Å²) in [4.78, 5) is 14.4. The lowest BCUT2D eigenvalue weighted by Crippen LogP contribution is -2.29. The zero-order chi connectivity index (χ0) is 17.4. The summed E-state index contributed by atoms with van der Waals surface area (Å²) in [5.41, 5.74) is 9.83. The molecule has 1 unspecified atom stereocenters. The molecule has 1 amide bonds. The van der Waals surface area contributed by atoms with Crippen LogP contribution in [0.2, 0.25) is 0 Å². The van der Waals surface area contributed by atoms with Crippen molar-refractivity contribution in [3.63, 3.8) is 0 Å². The first-order valence-corrected chi connectivity index (χ1v) is 9.11. The summed E-state index contributed by atoms with van der Waals surface area (Å²) in [5.74, 6) is 0.983. The number of nitrogens with two attached hydrogens (primary N) is 1. The number of hydrogen-bond donors (Lipinski definition) is 1. The van der Waals surface area contributed by atoms with E-state index in [1.54, 1.807) is 21.3 Å². The molecule has 1 fully saturated rings. The van der Waals surface area contributed by atoms with E-state index in [0.717, 1.165) is 16.9 Å². The number of carbonyl (C=O) groups is 1. The highest BCUT2D eigenvalue weighted by atomic mass is 32.2. The van der Waals surface area contributed by atoms with Gasteiger partial charge < -0.3 is 5.73 Å². The predicted molar refractivity (Wildman–Crippen MR) is 102 cm³/mol. The normalized spacial score (nSPS) is 17.2. The first kappa shape index (κ1) is 15.8. The molecule has 1 saturated heterocycles. The Balaban J connectivity index is 1.81. The molecule has 1 aromatic heterocycles. The first-order valence-electron chi connectivity index (χ1n) is 8.06. The lowest BCUT2D eigenvalue weighted by molar-refractivity contribution is -0.115. The number of thioether (sulfide) groups is 1. The van der Waals surface area contributed by atoms with Crippen LogP contribution in [-0.2, 0) is 4.79 Å². The molecule has 126 valence electrons. The van der Waals surface area contributed by atoms with Crippen LogP contribution in [0.5, 0.6) is 0 Å². The minimum absolute atomic E-state index is 0.0567. The van der Waals surface area contributed by atoms with Crippen LogP contribution in [0.1, 0.15) is 16.6 Å². The van der Waals surface area contributed by atoms with Gasteiger partial charge in [0.2, 0.25) is 5.91 Å². The van der Waals surface area contributed by atoms with Gasteiger partial charge in [-0.25, -0.2) is 4.68 Å². The fraction of sp³-hybridized carbons (Fsp3) is 0.158. The molecular weight excluding hydrogens is 332 g/mol. The molecule has 0 spiro atoms. The molecule has 5 nitrogen and oxygen atoms in total. The smallest absolute Gasteiger partial charge is 0.238 e. The first-order chi connectivity index (χ1) is 12.2. The summed E-state index contributed by atoms with van der Waals surface area (Å²) >= 11 is 1.61. The highest BCUT2D eigenvalue weighted by Gasteiger charge is 2.37. The molecule has 3 aromatic rings. The third kappa shape index (κ3) is 2.68. The van der Waals surface area contributed by atoms with Gasteiger partial charge in [0.1, 0.15) is 11.1 Å². The Bertz CT molecular complexity index is 908. The largest absolute Gasteiger partial charge is 0.382 e. The van der Waals surface area contributed by atoms with Gasteiger partial charge in [-0.05, 0) is 24.6 Å². The molecule has 1 aliphatic heterocycles. The van der Waals surface area contributed by atoms with Crippen LogP contribution in [0.15, 0.2) is 60.7 Å². The molecule has 4 rings (SSSR count). The zero-order valence-electron chi connectivity index (χ0n) is 13.8. The van der Waals surface area contributed by atoms with Gasteiger partial charge in [-0.1, -0.05) is 48.5 Å². The van der Waals surface area contributed by atoms with Gasteiger partial charge in [0.25, 0.3) is 0 Å². The Morgan fingerprint density at radius 1 is 1.08 bits per heavy atom. The molecule has 1 atom stereocenters. The number of nitrogens with zero attached hydrogens (tertiary/aromatic N) is 3. The maximum absolute atomic E-state index is 12.6. The minimum Gasteiger partial charge on any atom is -0.382 e. The average molecular weight is 350 g/mol. The minimum atomic E-state index is -0.0804. The van der Waals surface area contributed by atoms with Crippen molar-refractivity contribution >= 4 is 29.2 Å². The fourth-order valence-corrected chi connectivity index (χ4v) is 4.29. The summed E-state index contributed by atoms with van der Waals surface area (Å²) < 4.78 is 1.70. The standard InChI is InChI=1S/C19H18N4OS/c1-13-17(18(20)23(21-13)15-10-6-3-7-11-15)22-16(24)12-25-19(22)14-8-4-2-5-9-14/h2-11,19H,12,20H2,1H3. The number of para-hydroxylation sites is 1. The second-order valence-corrected chi connectivity index (χ2v) is 6.97. The van der Waals surface area contributed by atoms with Gasteiger partial charge in [0.05, 0.1) is 17.1 Å². The van der Waals surface area contributed by atoms with Gasteiger partial charge >= 0.3 is 0 Å². The average Bonchev–Trinajstić information content (AvgIpc) is 3.16. The van der Waals surface area contributed by atoms with Crippen LogP contribution >= 0.6 is 11.8 Å². The monoisotopic (exact) mass is 350 g/mol. The number of amides is 1. The maximum atomic E-state index is 12.6. The summed E-state index contributed by atoms with van der Waals surface area (Å²) in [6.45, 7) is 1.89. The Morgan fingerprint density at radius 3 is 2.40 bits per heavy atom. The molecule has 0 aliphatic carbocycles. The molecule has 6 heteroatoms. The molecule has 0 radical (unpaired) electrons. The molecule has 25 heavy (non-hydrogen) atoms. The second kappa shape index (κ2) is 6.29. The number of carbonyl (C=O) groups excluding carboxylic acids is 1. The third-order valence-electron chi connectivity index (χ3n) is 4.26. The Morgan fingerprint density at radius 2 is 1.72 bits per heavy atom. The van der Waals surface area contributed by atoms with E-state index in [-0.39, 0.29) is 11.3 Å². The van der Waals surface area contributed by atoms with E-state index in [0.29, 0.717) is 17.3 Å². The number of hydrogen-bond acceptors (Lipinski definition) is 4. The van der Waals surface area contributed by atoms with E-state index in [2.05, 4.69) is 5.10 Å². The van der Waals surface area contributed by atoms with E-state index in [4.69, 9.17) is 5.73 Å². The predicted octanol–water partition coefficient (Wildman–Crippen LogP) is 3.54. The molecule has 2 heterocycles. The van der Waals surface area contributed by atoms with Gasteiger partial charge in [0.15, 0.2) is 5.82 Å². The number of benzene rings is 2. The van der Waals surface area contributed by atoms with Gasteiger partial charge in [-0.15, -0.1) is 11.8 Å². The lowest BCUT2D eigenvalue weighted by atomic mass is 10.2. The summed E-state index contributed by atoms with van der Waals surface area (Å²) in [7, 11) is 0. The molecular formula is C19H18N4OS. The highest BCUT2D eigenvalue weighted by molar-refractivity contribution is 8.00. The van der Waals surface area contributed by atoms with Crippen LogP contribution in [0.3, 0.4) is 0 Å². The van der Waals surface area contributed by atoms with Crippen molar-refractivity contribution < 1.29 is 4.79 Å². The molecule has 0 bridgehead atoms. The summed E-state index contributed by atoms with van der Waals surface area (Å²) in [6.07, 6.45) is 0. The second-order valence-electron chi connectivity index (χ2n) is 5.90. The van der Waals surface area contributed by atoms with Crippen LogP contribution in [0.25, 0.3) is 5.69 Å². The van der Waals surface area contributed by atoms with Crippen molar-refractivity contribution in [2.45, 2.75) is 12.3 Å². The van der Waals surface area contributed by atoms with E-state index in [9.17, 15) is 4.79 Å². The number of aromatic nitrogens is 2. The van der Waals surface area contributed by atoms with Crippen molar-refractivity contribution in [2.24, 2.45) is 0 Å². The summed E-state index contributed by atoms with van der Waals surface area (Å²) in [6, 6.07) is 19.7. The molecule has 1 aliphatic rings. The van der Waals surface area contributed by atoms with E-state index in [1.807, 2.05) is 67.6 Å². The number of nitrogen functional groups attached to an aromatic ring is 1. The Hall–Kier alpha value is -2.73. The van der Waals surface area contributed by atoms with Crippen molar-refractivity contribution in [3.05, 3.63) is 71.9 Å². The lowest BCUT2D eigenvalue weighted by Gasteiger charge is -2.24. The van der Waals surface area contributed by atoms with Crippen molar-refractivity contribution in [3.8, 4) is 5.69 Å². The van der Waals surface area contributed by atoms with Crippen LogP contribution < -0.4 is 10.6 Å². The van der Waals surface area contributed by atoms with Crippen molar-refractivity contribution in [1.82, 2.24) is 9.78 Å². The molecule has 0 saturated carbocycles. The number of anilines is 2. The number of rotatable bonds is 3. The van der Waals surface area contributed by atoms with Crippen LogP contribution in [0, 0.1) is 6.92 Å². The topological polar surface area (TPSA) is 64.2 Å². The fourth-order valence-electron chi connectivity index (χ4n) is 3.13. The maximum Gasteiger partial charge on any atom is 0.238 e. The van der Waals surface area contributed by atoms with Crippen LogP contribution in [-0.4, -0.2) is 21.4 Å². The Kier molecular flexibility index (Phi) is 3.97. The van der Waals surface area contributed by atoms with E-state index in [1.165, 1.54) is 0 Å². The zero-order valence-corrected chi connectivity index (χ0v) is 14.6. The molecule has 2 aromatic carbocycles.